The van der Waals surface area contributed by atoms with E-state index in [1.54, 1.807) is 7.11 Å². The third-order valence-corrected chi connectivity index (χ3v) is 5.45. The zero-order chi connectivity index (χ0) is 20.5. The molecular weight excluding hydrogens is 366 g/mol. The molecule has 0 radical (unpaired) electrons. The SMILES string of the molecule is CCN1CCN(C(CNC(=O)OCc2ccccc2)c2ccccc2OC)CC1. The molecule has 3 rings (SSSR count). The van der Waals surface area contributed by atoms with Crippen LogP contribution in [0.1, 0.15) is 24.1 Å². The number of carbonyl (C=O) groups is 1. The van der Waals surface area contributed by atoms with E-state index in [0.717, 1.165) is 49.6 Å². The van der Waals surface area contributed by atoms with Gasteiger partial charge in [-0.2, -0.15) is 0 Å². The second-order valence-electron chi connectivity index (χ2n) is 7.17. The lowest BCUT2D eigenvalue weighted by atomic mass is 10.0. The van der Waals surface area contributed by atoms with Gasteiger partial charge in [0.25, 0.3) is 0 Å². The molecule has 29 heavy (non-hydrogen) atoms. The highest BCUT2D eigenvalue weighted by Gasteiger charge is 2.27. The van der Waals surface area contributed by atoms with Crippen molar-refractivity contribution >= 4 is 6.09 Å². The lowest BCUT2D eigenvalue weighted by Gasteiger charge is -2.39. The number of hydrogen-bond donors (Lipinski definition) is 1. The normalized spacial score (nSPS) is 16.2. The molecular formula is C23H31N3O3. The molecule has 0 saturated carbocycles. The molecule has 1 unspecified atom stereocenters. The Morgan fingerprint density at radius 1 is 1.03 bits per heavy atom. The van der Waals surface area contributed by atoms with Crippen molar-refractivity contribution in [2.45, 2.75) is 19.6 Å². The van der Waals surface area contributed by atoms with Crippen molar-refractivity contribution < 1.29 is 14.3 Å². The van der Waals surface area contributed by atoms with E-state index >= 15 is 0 Å². The molecule has 2 aromatic carbocycles. The predicted molar refractivity (Wildman–Crippen MR) is 114 cm³/mol. The first kappa shape index (κ1) is 21.1. The maximum absolute atomic E-state index is 12.3. The number of amides is 1. The van der Waals surface area contributed by atoms with E-state index in [0.29, 0.717) is 6.54 Å². The van der Waals surface area contributed by atoms with Crippen molar-refractivity contribution in [3.8, 4) is 5.75 Å². The molecule has 1 atom stereocenters. The Morgan fingerprint density at radius 2 is 1.72 bits per heavy atom. The van der Waals surface area contributed by atoms with E-state index in [1.807, 2.05) is 48.5 Å². The highest BCUT2D eigenvalue weighted by atomic mass is 16.5. The molecule has 1 aliphatic heterocycles. The number of rotatable bonds is 8. The number of alkyl carbamates (subject to hydrolysis) is 1. The maximum atomic E-state index is 12.3. The van der Waals surface area contributed by atoms with Gasteiger partial charge in [0.1, 0.15) is 12.4 Å². The first-order valence-corrected chi connectivity index (χ1v) is 10.2. The number of hydrogen-bond acceptors (Lipinski definition) is 5. The van der Waals surface area contributed by atoms with E-state index in [9.17, 15) is 4.79 Å². The summed E-state index contributed by atoms with van der Waals surface area (Å²) in [5.41, 5.74) is 2.06. The first-order valence-electron chi connectivity index (χ1n) is 10.2. The zero-order valence-electron chi connectivity index (χ0n) is 17.3. The molecule has 0 aromatic heterocycles. The van der Waals surface area contributed by atoms with Crippen LogP contribution in [0.2, 0.25) is 0 Å². The van der Waals surface area contributed by atoms with Crippen LogP contribution in [0.15, 0.2) is 54.6 Å². The van der Waals surface area contributed by atoms with Gasteiger partial charge in [-0.05, 0) is 18.2 Å². The van der Waals surface area contributed by atoms with Crippen LogP contribution in [0.25, 0.3) is 0 Å². The van der Waals surface area contributed by atoms with Crippen molar-refractivity contribution in [1.82, 2.24) is 15.1 Å². The van der Waals surface area contributed by atoms with Gasteiger partial charge in [0.05, 0.1) is 13.2 Å². The fourth-order valence-electron chi connectivity index (χ4n) is 3.72. The Balaban J connectivity index is 1.64. The molecule has 1 N–H and O–H groups in total. The number of piperazine rings is 1. The van der Waals surface area contributed by atoms with E-state index in [4.69, 9.17) is 9.47 Å². The predicted octanol–water partition coefficient (Wildman–Crippen LogP) is 3.30. The maximum Gasteiger partial charge on any atom is 0.407 e. The van der Waals surface area contributed by atoms with Crippen LogP contribution in [0.3, 0.4) is 0 Å². The molecule has 0 aliphatic carbocycles. The number of carbonyl (C=O) groups excluding carboxylic acids is 1. The van der Waals surface area contributed by atoms with Gasteiger partial charge in [-0.15, -0.1) is 0 Å². The summed E-state index contributed by atoms with van der Waals surface area (Å²) >= 11 is 0. The van der Waals surface area contributed by atoms with Crippen LogP contribution in [0.4, 0.5) is 4.79 Å². The molecule has 2 aromatic rings. The fraction of sp³-hybridized carbons (Fsp3) is 0.435. The highest BCUT2D eigenvalue weighted by molar-refractivity contribution is 5.67. The Bertz CT molecular complexity index is 761. The second-order valence-corrected chi connectivity index (χ2v) is 7.17. The number of likely N-dealkylation sites (N-methyl/N-ethyl adjacent to an activating group) is 1. The van der Waals surface area contributed by atoms with Crippen molar-refractivity contribution in [2.24, 2.45) is 0 Å². The first-order chi connectivity index (χ1) is 14.2. The number of para-hydroxylation sites is 1. The number of ether oxygens (including phenoxy) is 2. The van der Waals surface area contributed by atoms with Gasteiger partial charge >= 0.3 is 6.09 Å². The quantitative estimate of drug-likeness (QED) is 0.741. The minimum atomic E-state index is -0.402. The van der Waals surface area contributed by atoms with Crippen LogP contribution < -0.4 is 10.1 Å². The number of benzene rings is 2. The summed E-state index contributed by atoms with van der Waals surface area (Å²) in [5, 5.41) is 2.95. The van der Waals surface area contributed by atoms with Crippen molar-refractivity contribution in [3.63, 3.8) is 0 Å². The summed E-state index contributed by atoms with van der Waals surface area (Å²) in [6.07, 6.45) is -0.402. The largest absolute Gasteiger partial charge is 0.496 e. The van der Waals surface area contributed by atoms with E-state index < -0.39 is 6.09 Å². The molecule has 1 fully saturated rings. The fourth-order valence-corrected chi connectivity index (χ4v) is 3.72. The molecule has 1 amide bonds. The zero-order valence-corrected chi connectivity index (χ0v) is 17.3. The third kappa shape index (κ3) is 5.95. The number of nitrogens with one attached hydrogen (secondary N) is 1. The molecule has 1 aliphatic rings. The summed E-state index contributed by atoms with van der Waals surface area (Å²) in [6.45, 7) is 7.96. The van der Waals surface area contributed by atoms with E-state index in [2.05, 4.69) is 28.1 Å². The third-order valence-electron chi connectivity index (χ3n) is 5.45. The summed E-state index contributed by atoms with van der Waals surface area (Å²) in [4.78, 5) is 17.2. The van der Waals surface area contributed by atoms with Gasteiger partial charge < -0.3 is 19.7 Å². The van der Waals surface area contributed by atoms with Crippen LogP contribution in [0.5, 0.6) is 5.75 Å². The Hall–Kier alpha value is -2.57. The summed E-state index contributed by atoms with van der Waals surface area (Å²) in [7, 11) is 1.69. The second kappa shape index (κ2) is 10.8. The van der Waals surface area contributed by atoms with Gasteiger partial charge in [-0.1, -0.05) is 55.5 Å². The average molecular weight is 398 g/mol. The van der Waals surface area contributed by atoms with Gasteiger partial charge in [-0.3, -0.25) is 4.90 Å². The van der Waals surface area contributed by atoms with E-state index in [1.165, 1.54) is 0 Å². The molecule has 6 nitrogen and oxygen atoms in total. The molecule has 6 heteroatoms. The van der Waals surface area contributed by atoms with Crippen molar-refractivity contribution in [3.05, 3.63) is 65.7 Å². The minimum absolute atomic E-state index is 0.0365. The number of nitrogens with zero attached hydrogens (tertiary/aromatic N) is 2. The summed E-state index contributed by atoms with van der Waals surface area (Å²) in [5.74, 6) is 0.842. The van der Waals surface area contributed by atoms with Crippen LogP contribution in [-0.4, -0.2) is 62.3 Å². The standard InChI is InChI=1S/C23H31N3O3/c1-3-25-13-15-26(16-14-25)21(20-11-7-8-12-22(20)28-2)17-24-23(27)29-18-19-9-5-4-6-10-19/h4-12,21H,3,13-18H2,1-2H3,(H,24,27). The topological polar surface area (TPSA) is 54.0 Å². The molecule has 0 spiro atoms. The van der Waals surface area contributed by atoms with Crippen LogP contribution >= 0.6 is 0 Å². The van der Waals surface area contributed by atoms with Crippen molar-refractivity contribution in [1.29, 1.82) is 0 Å². The number of methoxy groups -OCH3 is 1. The van der Waals surface area contributed by atoms with Crippen LogP contribution in [0, 0.1) is 0 Å². The molecule has 156 valence electrons. The van der Waals surface area contributed by atoms with Gasteiger partial charge in [-0.25, -0.2) is 4.79 Å². The van der Waals surface area contributed by atoms with Crippen molar-refractivity contribution in [2.75, 3.05) is 46.4 Å². The average Bonchev–Trinajstić information content (AvgIpc) is 2.79. The monoisotopic (exact) mass is 397 g/mol. The lowest BCUT2D eigenvalue weighted by Crippen LogP contribution is -2.49. The molecule has 0 bridgehead atoms. The minimum Gasteiger partial charge on any atom is -0.496 e. The Kier molecular flexibility index (Phi) is 7.90. The van der Waals surface area contributed by atoms with Gasteiger partial charge in [0.2, 0.25) is 0 Å². The molecule has 1 heterocycles. The summed E-state index contributed by atoms with van der Waals surface area (Å²) < 4.78 is 11.0. The van der Waals surface area contributed by atoms with E-state index in [-0.39, 0.29) is 12.6 Å². The summed E-state index contributed by atoms with van der Waals surface area (Å²) in [6, 6.07) is 17.8. The van der Waals surface area contributed by atoms with Crippen LogP contribution in [-0.2, 0) is 11.3 Å². The smallest absolute Gasteiger partial charge is 0.407 e. The Morgan fingerprint density at radius 3 is 2.41 bits per heavy atom. The lowest BCUT2D eigenvalue weighted by molar-refractivity contribution is 0.0927. The molecule has 1 saturated heterocycles. The van der Waals surface area contributed by atoms with Gasteiger partial charge in [0, 0.05) is 38.3 Å². The Labute approximate surface area is 173 Å². The highest BCUT2D eigenvalue weighted by Crippen LogP contribution is 2.29. The van der Waals surface area contributed by atoms with Gasteiger partial charge in [0.15, 0.2) is 0 Å².